The number of carbonyl (C=O) groups excluding carboxylic acids is 3. The van der Waals surface area contributed by atoms with E-state index in [2.05, 4.69) is 30.8 Å². The van der Waals surface area contributed by atoms with Crippen LogP contribution in [0, 0.1) is 11.6 Å². The first kappa shape index (κ1) is 52.3. The third-order valence-corrected chi connectivity index (χ3v) is 9.01. The maximum Gasteiger partial charge on any atom is 1.00 e. The zero-order chi connectivity index (χ0) is 41.5. The second-order valence-corrected chi connectivity index (χ2v) is 12.9. The number of fused-ring (bicyclic) bond motifs is 4. The van der Waals surface area contributed by atoms with Gasteiger partial charge in [0.25, 0.3) is 11.8 Å². The molecule has 325 valence electrons. The normalized spacial score (nSPS) is 15.6. The molecule has 3 radical (unpaired) electrons. The Hall–Kier alpha value is -5.87. The molecule has 6 heterocycles. The Kier molecular flexibility index (Phi) is 19.7. The van der Waals surface area contributed by atoms with Gasteiger partial charge in [0.15, 0.2) is 11.3 Å². The average molecular weight is 870 g/mol. The van der Waals surface area contributed by atoms with Crippen LogP contribution in [0.15, 0.2) is 73.3 Å². The smallest absolute Gasteiger partial charge is 1.00 e. The van der Waals surface area contributed by atoms with E-state index in [1.54, 1.807) is 36.5 Å². The van der Waals surface area contributed by atoms with Gasteiger partial charge in [-0.2, -0.15) is 10.2 Å². The molecular formula is C40H49BF2N10NaO8. The van der Waals surface area contributed by atoms with Gasteiger partial charge >= 0.3 is 35.5 Å². The van der Waals surface area contributed by atoms with Gasteiger partial charge in [-0.05, 0) is 48.5 Å². The van der Waals surface area contributed by atoms with Crippen molar-refractivity contribution in [3.63, 3.8) is 0 Å². The minimum Gasteiger partial charge on any atom is -1.00 e. The first-order valence-electron chi connectivity index (χ1n) is 17.7. The summed E-state index contributed by atoms with van der Waals surface area (Å²) < 4.78 is 47.1. The van der Waals surface area contributed by atoms with Crippen molar-refractivity contribution in [3.05, 3.63) is 107 Å². The van der Waals surface area contributed by atoms with Crippen molar-refractivity contribution in [1.29, 1.82) is 0 Å². The second kappa shape index (κ2) is 23.4. The summed E-state index contributed by atoms with van der Waals surface area (Å²) in [6.45, 7) is 0.227. The third-order valence-electron chi connectivity index (χ3n) is 9.01. The van der Waals surface area contributed by atoms with Crippen LogP contribution in [0.3, 0.4) is 0 Å². The number of anilines is 2. The van der Waals surface area contributed by atoms with Crippen LogP contribution in [-0.2, 0) is 22.6 Å². The first-order chi connectivity index (χ1) is 28.0. The Labute approximate surface area is 382 Å². The number of hydrogen-bond acceptors (Lipinski definition) is 14. The molecule has 2 amide bonds. The number of aliphatic hydroxyl groups is 2. The molecule has 4 aromatic heterocycles. The SMILES string of the molecule is C.C.CN1Cc2cc(F)ccc2OC(CO)CNC(=O)c2cnn3ccc1nc23.CO.COC(=O)C1CNC(=O)c2cnn3ccc(nc23)N(C)Cc2cc(F)ccc2O1.[B].[H-].[Na+]. The number of methoxy groups -OCH3 is 1. The molecule has 0 spiro atoms. The summed E-state index contributed by atoms with van der Waals surface area (Å²) >= 11 is 0. The van der Waals surface area contributed by atoms with Crippen LogP contribution in [0.1, 0.15) is 48.1 Å². The molecule has 2 unspecified atom stereocenters. The minimum atomic E-state index is -1.11. The summed E-state index contributed by atoms with van der Waals surface area (Å²) in [4.78, 5) is 50.0. The van der Waals surface area contributed by atoms with Gasteiger partial charge in [-0.25, -0.2) is 32.6 Å². The molecule has 6 aromatic rings. The number of hydrogen-bond donors (Lipinski definition) is 4. The van der Waals surface area contributed by atoms with Crippen LogP contribution in [0.2, 0.25) is 0 Å². The number of rotatable bonds is 2. The molecule has 0 fully saturated rings. The van der Waals surface area contributed by atoms with Gasteiger partial charge in [-0.3, -0.25) is 9.59 Å². The Morgan fingerprint density at radius 2 is 1.26 bits per heavy atom. The zero-order valence-electron chi connectivity index (χ0n) is 34.4. The van der Waals surface area contributed by atoms with Gasteiger partial charge in [0.2, 0.25) is 6.10 Å². The number of aliphatic hydroxyl groups excluding tert-OH is 2. The number of esters is 1. The predicted molar refractivity (Wildman–Crippen MR) is 224 cm³/mol. The van der Waals surface area contributed by atoms with Crippen molar-refractivity contribution in [2.75, 3.05) is 57.8 Å². The van der Waals surface area contributed by atoms with E-state index < -0.39 is 29.9 Å². The van der Waals surface area contributed by atoms with E-state index >= 15 is 0 Å². The van der Waals surface area contributed by atoms with Crippen LogP contribution >= 0.6 is 0 Å². The summed E-state index contributed by atoms with van der Waals surface area (Å²) in [7, 11) is 5.82. The fourth-order valence-electron chi connectivity index (χ4n) is 6.07. The molecule has 22 heteroatoms. The maximum atomic E-state index is 13.9. The molecular weight excluding hydrogens is 820 g/mol. The van der Waals surface area contributed by atoms with E-state index in [4.69, 9.17) is 19.3 Å². The van der Waals surface area contributed by atoms with E-state index in [1.807, 2.05) is 11.9 Å². The number of carbonyl (C=O) groups is 3. The van der Waals surface area contributed by atoms with Crippen LogP contribution in [0.5, 0.6) is 11.5 Å². The van der Waals surface area contributed by atoms with Gasteiger partial charge in [0.05, 0.1) is 39.2 Å². The number of halogens is 2. The number of aromatic nitrogens is 6. The standard InChI is InChI=1S/C19H18FN5O4.C18H18FN5O3.CH4O.2CH4.B.Na.H/c1-24-10-11-7-12(20)3-4-14(11)29-15(19(27)28-2)9-21-18(26)13-8-22-25-6-5-16(24)23-17(13)25;1-23-9-11-6-12(19)2-3-15(11)27-13(10-25)7-20-18(26)14-8-21-24-5-4-16(23)22-17(14)24;1-2;;;;;/h3-8,15H,9-10H2,1-2H3,(H,21,26);2-6,8,13,25H,7,9-10H2,1H3,(H,20,26);2H,1H3;2*1H4;;;/q;;;;;;+1;-1. The van der Waals surface area contributed by atoms with E-state index in [0.29, 0.717) is 57.7 Å². The van der Waals surface area contributed by atoms with E-state index in [0.717, 1.165) is 7.11 Å². The molecule has 4 bridgehead atoms. The maximum absolute atomic E-state index is 13.9. The van der Waals surface area contributed by atoms with E-state index in [9.17, 15) is 28.3 Å². The number of amides is 2. The number of nitrogens with zero attached hydrogens (tertiary/aromatic N) is 8. The largest absolute Gasteiger partial charge is 1.00 e. The van der Waals surface area contributed by atoms with Crippen LogP contribution < -0.4 is 59.5 Å². The van der Waals surface area contributed by atoms with Gasteiger partial charge in [-0.15, -0.1) is 0 Å². The summed E-state index contributed by atoms with van der Waals surface area (Å²) in [5.41, 5.74) is 2.48. The van der Waals surface area contributed by atoms with Gasteiger partial charge < -0.3 is 46.3 Å². The van der Waals surface area contributed by atoms with Crippen molar-refractivity contribution in [3.8, 4) is 11.5 Å². The molecule has 0 saturated heterocycles. The van der Waals surface area contributed by atoms with Crippen molar-refractivity contribution in [2.24, 2.45) is 0 Å². The summed E-state index contributed by atoms with van der Waals surface area (Å²) in [6, 6.07) is 11.7. The fourth-order valence-corrected chi connectivity index (χ4v) is 6.07. The van der Waals surface area contributed by atoms with Gasteiger partial charge in [0, 0.05) is 66.2 Å². The average Bonchev–Trinajstić information content (AvgIpc) is 3.86. The van der Waals surface area contributed by atoms with Crippen molar-refractivity contribution in [2.45, 2.75) is 40.2 Å². The first-order valence-corrected chi connectivity index (χ1v) is 17.7. The summed E-state index contributed by atoms with van der Waals surface area (Å²) in [5.74, 6) is -0.383. The Bertz CT molecular complexity index is 2470. The minimum absolute atomic E-state index is 0. The molecule has 62 heavy (non-hydrogen) atoms. The molecule has 0 saturated carbocycles. The van der Waals surface area contributed by atoms with Crippen LogP contribution in [0.25, 0.3) is 11.3 Å². The Morgan fingerprint density at radius 1 is 0.806 bits per heavy atom. The zero-order valence-corrected chi connectivity index (χ0v) is 35.4. The van der Waals surface area contributed by atoms with Crippen molar-refractivity contribution >= 4 is 49.1 Å². The molecule has 18 nitrogen and oxygen atoms in total. The molecule has 2 aliphatic heterocycles. The molecule has 8 rings (SSSR count). The molecule has 0 aliphatic carbocycles. The quantitative estimate of drug-likeness (QED) is 0.131. The van der Waals surface area contributed by atoms with E-state index in [1.165, 1.54) is 64.9 Å². The van der Waals surface area contributed by atoms with Crippen molar-refractivity contribution < 1.29 is 78.6 Å². The fraction of sp³-hybridized carbons (Fsp3) is 0.325. The molecule has 2 aliphatic rings. The second-order valence-electron chi connectivity index (χ2n) is 12.9. The number of benzene rings is 2. The number of ether oxygens (including phenoxy) is 3. The summed E-state index contributed by atoms with van der Waals surface area (Å²) in [6.07, 6.45) is 4.46. The Balaban J connectivity index is 0.000000564. The molecule has 2 aromatic carbocycles. The molecule has 2 atom stereocenters. The molecule has 4 N–H and O–H groups in total. The predicted octanol–water partition coefficient (Wildman–Crippen LogP) is -0.227. The van der Waals surface area contributed by atoms with Crippen molar-refractivity contribution in [1.82, 2.24) is 39.8 Å². The summed E-state index contributed by atoms with van der Waals surface area (Å²) in [5, 5.41) is 30.3. The van der Waals surface area contributed by atoms with Crippen LogP contribution in [-0.4, -0.2) is 126 Å². The van der Waals surface area contributed by atoms with Gasteiger partial charge in [-0.1, -0.05) is 14.9 Å². The topological polar surface area (TPSA) is 210 Å². The monoisotopic (exact) mass is 869 g/mol. The number of nitrogens with one attached hydrogen (secondary N) is 2. The Morgan fingerprint density at radius 3 is 1.71 bits per heavy atom. The third kappa shape index (κ3) is 11.7. The van der Waals surface area contributed by atoms with Gasteiger partial charge in [0.1, 0.15) is 52.0 Å². The van der Waals surface area contributed by atoms with Crippen LogP contribution in [0.4, 0.5) is 20.4 Å². The van der Waals surface area contributed by atoms with E-state index in [-0.39, 0.29) is 97.8 Å².